The maximum atomic E-state index is 11.6. The highest BCUT2D eigenvalue weighted by atomic mass is 32.2. The lowest BCUT2D eigenvalue weighted by Gasteiger charge is -1.98. The van der Waals surface area contributed by atoms with Crippen molar-refractivity contribution in [2.75, 3.05) is 6.26 Å². The standard InChI is InChI=1S/C11H13NOS/c1-3-10(14-2)12-11(13)9-7-5-4-6-8-9/h4-8H,3H2,1-2H3. The zero-order valence-electron chi connectivity index (χ0n) is 8.36. The molecule has 0 heterocycles. The predicted molar refractivity (Wildman–Crippen MR) is 62.0 cm³/mol. The maximum absolute atomic E-state index is 11.6. The van der Waals surface area contributed by atoms with Gasteiger partial charge in [-0.15, -0.1) is 11.8 Å². The highest BCUT2D eigenvalue weighted by Crippen LogP contribution is 2.06. The number of hydrogen-bond donors (Lipinski definition) is 0. The third-order valence-corrected chi connectivity index (χ3v) is 2.64. The number of carbonyl (C=O) groups is 1. The predicted octanol–water partition coefficient (Wildman–Crippen LogP) is 3.00. The minimum atomic E-state index is -0.156. The fraction of sp³-hybridized carbons (Fsp3) is 0.273. The van der Waals surface area contributed by atoms with E-state index in [4.69, 9.17) is 0 Å². The fourth-order valence-electron chi connectivity index (χ4n) is 1.03. The molecule has 0 N–H and O–H groups in total. The molecule has 0 atom stereocenters. The molecule has 0 aliphatic rings. The zero-order chi connectivity index (χ0) is 10.4. The van der Waals surface area contributed by atoms with E-state index in [2.05, 4.69) is 4.99 Å². The second kappa shape index (κ2) is 5.60. The molecule has 1 amide bonds. The Kier molecular flexibility index (Phi) is 4.40. The first kappa shape index (κ1) is 11.0. The third-order valence-electron chi connectivity index (χ3n) is 1.79. The van der Waals surface area contributed by atoms with Crippen LogP contribution in [0.15, 0.2) is 35.3 Å². The number of benzene rings is 1. The van der Waals surface area contributed by atoms with Crippen molar-refractivity contribution in [1.29, 1.82) is 0 Å². The lowest BCUT2D eigenvalue weighted by Crippen LogP contribution is -1.99. The molecule has 0 saturated carbocycles. The molecular weight excluding hydrogens is 194 g/mol. The Morgan fingerprint density at radius 2 is 2.00 bits per heavy atom. The van der Waals surface area contributed by atoms with Gasteiger partial charge in [0.1, 0.15) is 0 Å². The van der Waals surface area contributed by atoms with Crippen molar-refractivity contribution in [3.63, 3.8) is 0 Å². The monoisotopic (exact) mass is 207 g/mol. The zero-order valence-corrected chi connectivity index (χ0v) is 9.17. The van der Waals surface area contributed by atoms with Gasteiger partial charge in [0.15, 0.2) is 0 Å². The lowest BCUT2D eigenvalue weighted by atomic mass is 10.2. The van der Waals surface area contributed by atoms with Crippen LogP contribution in [0.2, 0.25) is 0 Å². The Balaban J connectivity index is 2.82. The molecule has 0 saturated heterocycles. The van der Waals surface area contributed by atoms with Gasteiger partial charge in [-0.1, -0.05) is 25.1 Å². The van der Waals surface area contributed by atoms with Crippen molar-refractivity contribution in [1.82, 2.24) is 0 Å². The number of carbonyl (C=O) groups excluding carboxylic acids is 1. The van der Waals surface area contributed by atoms with E-state index in [1.165, 1.54) is 11.8 Å². The first-order valence-corrected chi connectivity index (χ1v) is 5.71. The van der Waals surface area contributed by atoms with Crippen molar-refractivity contribution < 1.29 is 4.79 Å². The summed E-state index contributed by atoms with van der Waals surface area (Å²) in [7, 11) is 0. The molecule has 74 valence electrons. The first-order valence-electron chi connectivity index (χ1n) is 4.49. The summed E-state index contributed by atoms with van der Waals surface area (Å²) >= 11 is 1.52. The van der Waals surface area contributed by atoms with E-state index in [0.717, 1.165) is 11.5 Å². The maximum Gasteiger partial charge on any atom is 0.277 e. The molecular formula is C11H13NOS. The smallest absolute Gasteiger partial charge is 0.267 e. The Labute approximate surface area is 88.4 Å². The molecule has 0 aromatic heterocycles. The molecule has 0 aliphatic heterocycles. The van der Waals surface area contributed by atoms with Gasteiger partial charge >= 0.3 is 0 Å². The highest BCUT2D eigenvalue weighted by molar-refractivity contribution is 8.13. The van der Waals surface area contributed by atoms with Crippen molar-refractivity contribution in [2.24, 2.45) is 4.99 Å². The molecule has 3 heteroatoms. The summed E-state index contributed by atoms with van der Waals surface area (Å²) in [5.74, 6) is -0.156. The molecule has 0 spiro atoms. The van der Waals surface area contributed by atoms with Gasteiger partial charge in [-0.25, -0.2) is 4.99 Å². The molecule has 0 radical (unpaired) electrons. The third kappa shape index (κ3) is 3.00. The van der Waals surface area contributed by atoms with E-state index in [1.807, 2.05) is 31.4 Å². The summed E-state index contributed by atoms with van der Waals surface area (Å²) in [5.41, 5.74) is 0.646. The number of nitrogens with zero attached hydrogens (tertiary/aromatic N) is 1. The van der Waals surface area contributed by atoms with Crippen LogP contribution in [-0.2, 0) is 0 Å². The number of hydrogen-bond acceptors (Lipinski definition) is 2. The second-order valence-corrected chi connectivity index (χ2v) is 3.61. The molecule has 0 bridgehead atoms. The molecule has 2 nitrogen and oxygen atoms in total. The Morgan fingerprint density at radius 3 is 2.50 bits per heavy atom. The lowest BCUT2D eigenvalue weighted by molar-refractivity contribution is 0.100. The Hall–Kier alpha value is -1.09. The van der Waals surface area contributed by atoms with Crippen LogP contribution in [0.5, 0.6) is 0 Å². The molecule has 1 aromatic rings. The quantitative estimate of drug-likeness (QED) is 0.551. The van der Waals surface area contributed by atoms with Crippen LogP contribution in [0.25, 0.3) is 0 Å². The number of thioether (sulfide) groups is 1. The molecule has 0 aliphatic carbocycles. The van der Waals surface area contributed by atoms with Crippen LogP contribution in [0.4, 0.5) is 0 Å². The molecule has 0 fully saturated rings. The van der Waals surface area contributed by atoms with E-state index in [9.17, 15) is 4.79 Å². The summed E-state index contributed by atoms with van der Waals surface area (Å²) < 4.78 is 0. The van der Waals surface area contributed by atoms with Crippen molar-refractivity contribution >= 4 is 22.7 Å². The fourth-order valence-corrected chi connectivity index (χ4v) is 1.49. The second-order valence-electron chi connectivity index (χ2n) is 2.73. The van der Waals surface area contributed by atoms with E-state index in [0.29, 0.717) is 5.56 Å². The van der Waals surface area contributed by atoms with Crippen molar-refractivity contribution in [3.8, 4) is 0 Å². The van der Waals surface area contributed by atoms with E-state index < -0.39 is 0 Å². The van der Waals surface area contributed by atoms with E-state index in [1.54, 1.807) is 12.1 Å². The van der Waals surface area contributed by atoms with Gasteiger partial charge in [0.2, 0.25) is 0 Å². The summed E-state index contributed by atoms with van der Waals surface area (Å²) in [6.45, 7) is 1.99. The summed E-state index contributed by atoms with van der Waals surface area (Å²) in [4.78, 5) is 15.6. The van der Waals surface area contributed by atoms with Crippen LogP contribution in [0.3, 0.4) is 0 Å². The molecule has 1 rings (SSSR count). The van der Waals surface area contributed by atoms with Gasteiger partial charge in [0.05, 0.1) is 5.04 Å². The largest absolute Gasteiger partial charge is 0.277 e. The van der Waals surface area contributed by atoms with Gasteiger partial charge in [-0.05, 0) is 24.8 Å². The normalized spacial score (nSPS) is 11.4. The Bertz CT molecular complexity index is 326. The van der Waals surface area contributed by atoms with Gasteiger partial charge < -0.3 is 0 Å². The minimum Gasteiger partial charge on any atom is -0.267 e. The SMILES string of the molecule is CCC(=NC(=O)c1ccccc1)SC. The molecule has 0 unspecified atom stereocenters. The average Bonchev–Trinajstić information content (AvgIpc) is 2.26. The van der Waals surface area contributed by atoms with Crippen LogP contribution in [-0.4, -0.2) is 17.2 Å². The van der Waals surface area contributed by atoms with Crippen molar-refractivity contribution in [2.45, 2.75) is 13.3 Å². The number of rotatable bonds is 2. The van der Waals surface area contributed by atoms with E-state index >= 15 is 0 Å². The van der Waals surface area contributed by atoms with E-state index in [-0.39, 0.29) is 5.91 Å². The molecule has 14 heavy (non-hydrogen) atoms. The highest BCUT2D eigenvalue weighted by Gasteiger charge is 2.03. The summed E-state index contributed by atoms with van der Waals surface area (Å²) in [6, 6.07) is 9.12. The van der Waals surface area contributed by atoms with Crippen LogP contribution in [0.1, 0.15) is 23.7 Å². The van der Waals surface area contributed by atoms with Crippen molar-refractivity contribution in [3.05, 3.63) is 35.9 Å². The number of aliphatic imine (C=N–C) groups is 1. The van der Waals surface area contributed by atoms with Crippen LogP contribution < -0.4 is 0 Å². The van der Waals surface area contributed by atoms with Gasteiger partial charge in [-0.3, -0.25) is 4.79 Å². The Morgan fingerprint density at radius 1 is 1.36 bits per heavy atom. The van der Waals surface area contributed by atoms with Gasteiger partial charge in [0, 0.05) is 5.56 Å². The number of amides is 1. The summed E-state index contributed by atoms with van der Waals surface area (Å²) in [6.07, 6.45) is 2.74. The van der Waals surface area contributed by atoms with Gasteiger partial charge in [0.25, 0.3) is 5.91 Å². The van der Waals surface area contributed by atoms with Crippen LogP contribution >= 0.6 is 11.8 Å². The summed E-state index contributed by atoms with van der Waals surface area (Å²) in [5, 5.41) is 0.874. The topological polar surface area (TPSA) is 29.4 Å². The first-order chi connectivity index (χ1) is 6.77. The van der Waals surface area contributed by atoms with Crippen LogP contribution in [0, 0.1) is 0 Å². The minimum absolute atomic E-state index is 0.156. The molecule has 1 aromatic carbocycles. The average molecular weight is 207 g/mol. The van der Waals surface area contributed by atoms with Gasteiger partial charge in [-0.2, -0.15) is 0 Å².